The highest BCUT2D eigenvalue weighted by Gasteiger charge is 2.17. The molecule has 0 unspecified atom stereocenters. The highest BCUT2D eigenvalue weighted by molar-refractivity contribution is 5.98. The SMILES string of the molecule is COC(=O)CNC(=O)c1cccc(NC(=O)Cn2nc3n(c2=O)CCCCC3)c1. The van der Waals surface area contributed by atoms with Gasteiger partial charge in [0, 0.05) is 24.2 Å². The van der Waals surface area contributed by atoms with Crippen LogP contribution in [-0.4, -0.2) is 45.8 Å². The van der Waals surface area contributed by atoms with Gasteiger partial charge in [-0.15, -0.1) is 0 Å². The van der Waals surface area contributed by atoms with Crippen molar-refractivity contribution >= 4 is 23.5 Å². The van der Waals surface area contributed by atoms with Crippen molar-refractivity contribution in [3.8, 4) is 0 Å². The Balaban J connectivity index is 1.63. The van der Waals surface area contributed by atoms with Crippen molar-refractivity contribution in [1.29, 1.82) is 0 Å². The molecule has 0 radical (unpaired) electrons. The molecule has 29 heavy (non-hydrogen) atoms. The number of carbonyl (C=O) groups excluding carboxylic acids is 3. The van der Waals surface area contributed by atoms with Crippen LogP contribution in [0.1, 0.15) is 35.4 Å². The van der Waals surface area contributed by atoms with Crippen molar-refractivity contribution in [2.75, 3.05) is 19.0 Å². The van der Waals surface area contributed by atoms with Gasteiger partial charge in [-0.1, -0.05) is 12.5 Å². The van der Waals surface area contributed by atoms with Crippen LogP contribution < -0.4 is 16.3 Å². The zero-order valence-corrected chi connectivity index (χ0v) is 16.1. The molecule has 2 N–H and O–H groups in total. The second kappa shape index (κ2) is 9.18. The van der Waals surface area contributed by atoms with E-state index >= 15 is 0 Å². The van der Waals surface area contributed by atoms with Crippen molar-refractivity contribution in [3.63, 3.8) is 0 Å². The van der Waals surface area contributed by atoms with Crippen LogP contribution in [0.5, 0.6) is 0 Å². The lowest BCUT2D eigenvalue weighted by Gasteiger charge is -2.08. The van der Waals surface area contributed by atoms with Gasteiger partial charge in [-0.05, 0) is 31.0 Å². The average Bonchev–Trinajstić information content (AvgIpc) is 2.87. The second-order valence-corrected chi connectivity index (χ2v) is 6.71. The number of esters is 1. The molecule has 0 bridgehead atoms. The third kappa shape index (κ3) is 5.09. The van der Waals surface area contributed by atoms with Gasteiger partial charge in [0.25, 0.3) is 5.91 Å². The predicted molar refractivity (Wildman–Crippen MR) is 103 cm³/mol. The van der Waals surface area contributed by atoms with Crippen LogP contribution in [0.15, 0.2) is 29.1 Å². The van der Waals surface area contributed by atoms with E-state index in [1.54, 1.807) is 22.8 Å². The van der Waals surface area contributed by atoms with Crippen molar-refractivity contribution in [1.82, 2.24) is 19.7 Å². The van der Waals surface area contributed by atoms with E-state index in [9.17, 15) is 19.2 Å². The molecule has 0 fully saturated rings. The molecule has 0 spiro atoms. The first-order valence-electron chi connectivity index (χ1n) is 9.39. The number of amides is 2. The maximum absolute atomic E-state index is 12.4. The Morgan fingerprint density at radius 2 is 2.03 bits per heavy atom. The first-order chi connectivity index (χ1) is 14.0. The molecule has 0 saturated carbocycles. The van der Waals surface area contributed by atoms with Crippen LogP contribution in [0, 0.1) is 0 Å². The van der Waals surface area contributed by atoms with E-state index < -0.39 is 17.8 Å². The molecule has 154 valence electrons. The van der Waals surface area contributed by atoms with Crippen molar-refractivity contribution in [3.05, 3.63) is 46.1 Å². The summed E-state index contributed by atoms with van der Waals surface area (Å²) in [6.07, 6.45) is 3.70. The molecule has 2 aromatic rings. The molecular formula is C19H23N5O5. The number of hydrogen-bond donors (Lipinski definition) is 2. The Hall–Kier alpha value is -3.43. The molecule has 1 aliphatic rings. The van der Waals surface area contributed by atoms with E-state index in [-0.39, 0.29) is 24.3 Å². The number of methoxy groups -OCH3 is 1. The Kier molecular flexibility index (Phi) is 6.43. The number of anilines is 1. The number of aromatic nitrogens is 3. The summed E-state index contributed by atoms with van der Waals surface area (Å²) in [5.74, 6) is -0.746. The molecule has 2 amide bonds. The third-order valence-electron chi connectivity index (χ3n) is 4.60. The molecule has 0 saturated heterocycles. The first kappa shape index (κ1) is 20.3. The summed E-state index contributed by atoms with van der Waals surface area (Å²) < 4.78 is 7.27. The van der Waals surface area contributed by atoms with E-state index in [1.807, 2.05) is 0 Å². The van der Waals surface area contributed by atoms with Gasteiger partial charge in [-0.2, -0.15) is 5.10 Å². The summed E-state index contributed by atoms with van der Waals surface area (Å²) >= 11 is 0. The third-order valence-corrected chi connectivity index (χ3v) is 4.60. The number of nitrogens with one attached hydrogen (secondary N) is 2. The lowest BCUT2D eigenvalue weighted by atomic mass is 10.2. The van der Waals surface area contributed by atoms with Crippen LogP contribution >= 0.6 is 0 Å². The lowest BCUT2D eigenvalue weighted by Crippen LogP contribution is -2.31. The Labute approximate surface area is 166 Å². The van der Waals surface area contributed by atoms with Gasteiger partial charge in [0.2, 0.25) is 5.91 Å². The number of carbonyl (C=O) groups is 3. The number of ether oxygens (including phenoxy) is 1. The average molecular weight is 401 g/mol. The smallest absolute Gasteiger partial charge is 0.346 e. The molecule has 2 heterocycles. The fourth-order valence-corrected chi connectivity index (χ4v) is 3.13. The van der Waals surface area contributed by atoms with Crippen LogP contribution in [0.4, 0.5) is 5.69 Å². The Morgan fingerprint density at radius 3 is 2.83 bits per heavy atom. The van der Waals surface area contributed by atoms with Gasteiger partial charge in [0.15, 0.2) is 0 Å². The summed E-state index contributed by atoms with van der Waals surface area (Å²) in [5.41, 5.74) is 0.389. The Morgan fingerprint density at radius 1 is 1.21 bits per heavy atom. The number of aryl methyl sites for hydroxylation is 1. The van der Waals surface area contributed by atoms with E-state index in [0.717, 1.165) is 25.7 Å². The minimum absolute atomic E-state index is 0.211. The molecule has 1 aliphatic heterocycles. The number of nitrogens with zero attached hydrogens (tertiary/aromatic N) is 3. The number of benzene rings is 1. The summed E-state index contributed by atoms with van der Waals surface area (Å²) in [6, 6.07) is 6.27. The van der Waals surface area contributed by atoms with Crippen molar-refractivity contribution < 1.29 is 19.1 Å². The van der Waals surface area contributed by atoms with Gasteiger partial charge < -0.3 is 15.4 Å². The van der Waals surface area contributed by atoms with E-state index in [4.69, 9.17) is 0 Å². The lowest BCUT2D eigenvalue weighted by molar-refractivity contribution is -0.139. The zero-order chi connectivity index (χ0) is 20.8. The number of rotatable bonds is 6. The summed E-state index contributed by atoms with van der Waals surface area (Å²) in [7, 11) is 1.23. The van der Waals surface area contributed by atoms with Gasteiger partial charge in [0.05, 0.1) is 7.11 Å². The molecule has 0 aliphatic carbocycles. The molecule has 3 rings (SSSR count). The summed E-state index contributed by atoms with van der Waals surface area (Å²) in [5, 5.41) is 9.37. The maximum Gasteiger partial charge on any atom is 0.346 e. The minimum Gasteiger partial charge on any atom is -0.468 e. The molecule has 1 aromatic carbocycles. The first-order valence-corrected chi connectivity index (χ1v) is 9.39. The van der Waals surface area contributed by atoms with Crippen LogP contribution in [0.2, 0.25) is 0 Å². The van der Waals surface area contributed by atoms with Gasteiger partial charge in [-0.3, -0.25) is 19.0 Å². The molecular weight excluding hydrogens is 378 g/mol. The highest BCUT2D eigenvalue weighted by Crippen LogP contribution is 2.12. The van der Waals surface area contributed by atoms with Gasteiger partial charge >= 0.3 is 11.7 Å². The second-order valence-electron chi connectivity index (χ2n) is 6.71. The molecule has 10 heteroatoms. The minimum atomic E-state index is -0.563. The van der Waals surface area contributed by atoms with Crippen molar-refractivity contribution in [2.24, 2.45) is 0 Å². The van der Waals surface area contributed by atoms with Gasteiger partial charge in [0.1, 0.15) is 18.9 Å². The molecule has 1 aromatic heterocycles. The quantitative estimate of drug-likeness (QED) is 0.672. The number of hydrogen-bond acceptors (Lipinski definition) is 6. The normalized spacial score (nSPS) is 13.1. The zero-order valence-electron chi connectivity index (χ0n) is 16.1. The van der Waals surface area contributed by atoms with Gasteiger partial charge in [-0.25, -0.2) is 9.48 Å². The fraction of sp³-hybridized carbons (Fsp3) is 0.421. The summed E-state index contributed by atoms with van der Waals surface area (Å²) in [6.45, 7) is 0.163. The van der Waals surface area contributed by atoms with Crippen LogP contribution in [-0.2, 0) is 33.8 Å². The maximum atomic E-state index is 12.4. The van der Waals surface area contributed by atoms with Crippen LogP contribution in [0.3, 0.4) is 0 Å². The van der Waals surface area contributed by atoms with Crippen molar-refractivity contribution in [2.45, 2.75) is 38.8 Å². The standard InChI is InChI=1S/C19H23N5O5/c1-29-17(26)11-20-18(27)13-6-5-7-14(10-13)21-16(25)12-24-19(28)23-9-4-2-3-8-15(23)22-24/h5-7,10H,2-4,8-9,11-12H2,1H3,(H,20,27)(H,21,25). The van der Waals surface area contributed by atoms with E-state index in [0.29, 0.717) is 18.1 Å². The highest BCUT2D eigenvalue weighted by atomic mass is 16.5. The van der Waals surface area contributed by atoms with Crippen LogP contribution in [0.25, 0.3) is 0 Å². The predicted octanol–water partition coefficient (Wildman–Crippen LogP) is 0.313. The van der Waals surface area contributed by atoms with E-state index in [1.165, 1.54) is 17.9 Å². The largest absolute Gasteiger partial charge is 0.468 e. The topological polar surface area (TPSA) is 124 Å². The fourth-order valence-electron chi connectivity index (χ4n) is 3.13. The monoisotopic (exact) mass is 401 g/mol. The van der Waals surface area contributed by atoms with E-state index in [2.05, 4.69) is 20.5 Å². The molecule has 10 nitrogen and oxygen atoms in total. The number of fused-ring (bicyclic) bond motifs is 1. The Bertz CT molecular complexity index is 978. The summed E-state index contributed by atoms with van der Waals surface area (Å²) in [4.78, 5) is 48.0. The molecule has 0 atom stereocenters.